The van der Waals surface area contributed by atoms with E-state index in [4.69, 9.17) is 6.42 Å². The van der Waals surface area contributed by atoms with Crippen LogP contribution >= 0.6 is 0 Å². The number of terminal acetylenes is 1. The van der Waals surface area contributed by atoms with Crippen LogP contribution in [0.2, 0.25) is 0 Å². The van der Waals surface area contributed by atoms with Crippen LogP contribution in [-0.4, -0.2) is 11.0 Å². The molecule has 3 aromatic carbocycles. The second-order valence-electron chi connectivity index (χ2n) is 6.79. The van der Waals surface area contributed by atoms with Crippen molar-refractivity contribution in [3.8, 4) is 18.1 Å². The second-order valence-corrected chi connectivity index (χ2v) is 6.79. The number of aromatic hydroxyl groups is 1. The highest BCUT2D eigenvalue weighted by molar-refractivity contribution is 6.11. The number of benzene rings is 3. The largest absolute Gasteiger partial charge is 0.508 e. The predicted octanol–water partition coefficient (Wildman–Crippen LogP) is 4.70. The number of carbonyl (C=O) groups is 1. The summed E-state index contributed by atoms with van der Waals surface area (Å²) in [7, 11) is 0. The molecule has 1 atom stereocenters. The molecule has 3 N–H and O–H groups in total. The van der Waals surface area contributed by atoms with Crippen molar-refractivity contribution >= 4 is 17.3 Å². The minimum atomic E-state index is -4.65. The highest BCUT2D eigenvalue weighted by atomic mass is 19.4. The highest BCUT2D eigenvalue weighted by Crippen LogP contribution is 2.48. The first-order valence-corrected chi connectivity index (χ1v) is 8.93. The molecule has 150 valence electrons. The van der Waals surface area contributed by atoms with Crippen LogP contribution in [0.25, 0.3) is 0 Å². The number of carbonyl (C=O) groups excluding carboxylic acids is 1. The van der Waals surface area contributed by atoms with Gasteiger partial charge in [-0.25, -0.2) is 0 Å². The van der Waals surface area contributed by atoms with Crippen LogP contribution in [0, 0.1) is 12.3 Å². The number of phenols is 1. The number of hydrogen-bond acceptors (Lipinski definition) is 3. The smallest absolute Gasteiger partial charge is 0.418 e. The van der Waals surface area contributed by atoms with E-state index in [1.54, 1.807) is 24.3 Å². The number of nitrogens with one attached hydrogen (secondary N) is 2. The lowest BCUT2D eigenvalue weighted by Gasteiger charge is -2.31. The van der Waals surface area contributed by atoms with Crippen LogP contribution in [0.4, 0.5) is 24.5 Å². The fourth-order valence-electron chi connectivity index (χ4n) is 3.68. The summed E-state index contributed by atoms with van der Waals surface area (Å²) in [5.41, 5.74) is -1.62. The number of fused-ring (bicyclic) bond motifs is 1. The van der Waals surface area contributed by atoms with Crippen molar-refractivity contribution < 1.29 is 23.1 Å². The van der Waals surface area contributed by atoms with E-state index in [9.17, 15) is 23.1 Å². The first kappa shape index (κ1) is 19.4. The molecule has 7 heteroatoms. The lowest BCUT2D eigenvalue weighted by atomic mass is 9.82. The van der Waals surface area contributed by atoms with Gasteiger partial charge in [-0.3, -0.25) is 4.79 Å². The SMILES string of the molecule is C#Cc1ccccc1NC1(c2ccc(O)cc2)C(=O)Nc2c(C(F)(F)F)cccc21. The van der Waals surface area contributed by atoms with E-state index in [-0.39, 0.29) is 17.0 Å². The van der Waals surface area contributed by atoms with Gasteiger partial charge in [0.15, 0.2) is 5.54 Å². The average molecular weight is 408 g/mol. The zero-order chi connectivity index (χ0) is 21.5. The van der Waals surface area contributed by atoms with Crippen LogP contribution in [0.5, 0.6) is 5.75 Å². The molecule has 0 saturated heterocycles. The van der Waals surface area contributed by atoms with Crippen LogP contribution < -0.4 is 10.6 Å². The Morgan fingerprint density at radius 1 is 1.00 bits per heavy atom. The van der Waals surface area contributed by atoms with Gasteiger partial charge in [-0.2, -0.15) is 13.2 Å². The van der Waals surface area contributed by atoms with Gasteiger partial charge in [0.05, 0.1) is 16.9 Å². The van der Waals surface area contributed by atoms with E-state index >= 15 is 0 Å². The number of alkyl halides is 3. The number of phenolic OH excluding ortho intramolecular Hbond substituents is 1. The number of halogens is 3. The molecule has 4 rings (SSSR count). The Hall–Kier alpha value is -3.92. The molecule has 0 aromatic heterocycles. The van der Waals surface area contributed by atoms with Crippen molar-refractivity contribution in [2.24, 2.45) is 0 Å². The fraction of sp³-hybridized carbons (Fsp3) is 0.0870. The van der Waals surface area contributed by atoms with Gasteiger partial charge in [0.2, 0.25) is 0 Å². The minimum absolute atomic E-state index is 0.0411. The second kappa shape index (κ2) is 6.85. The van der Waals surface area contributed by atoms with Gasteiger partial charge in [0.1, 0.15) is 5.75 Å². The quantitative estimate of drug-likeness (QED) is 0.551. The molecule has 0 radical (unpaired) electrons. The summed E-state index contributed by atoms with van der Waals surface area (Å²) in [6, 6.07) is 16.1. The summed E-state index contributed by atoms with van der Waals surface area (Å²) in [6.45, 7) is 0. The van der Waals surface area contributed by atoms with Gasteiger partial charge < -0.3 is 15.7 Å². The third-order valence-corrected chi connectivity index (χ3v) is 5.06. The van der Waals surface area contributed by atoms with Crippen molar-refractivity contribution in [1.82, 2.24) is 0 Å². The molecule has 4 nitrogen and oxygen atoms in total. The van der Waals surface area contributed by atoms with Crippen molar-refractivity contribution in [2.75, 3.05) is 10.6 Å². The van der Waals surface area contributed by atoms with Gasteiger partial charge in [0.25, 0.3) is 5.91 Å². The maximum Gasteiger partial charge on any atom is 0.418 e. The van der Waals surface area contributed by atoms with E-state index in [1.807, 2.05) is 0 Å². The number of para-hydroxylation sites is 2. The number of rotatable bonds is 3. The van der Waals surface area contributed by atoms with Crippen molar-refractivity contribution in [3.05, 3.63) is 89.0 Å². The molecule has 1 unspecified atom stereocenters. The third kappa shape index (κ3) is 2.94. The molecule has 1 heterocycles. The van der Waals surface area contributed by atoms with Crippen molar-refractivity contribution in [1.29, 1.82) is 0 Å². The molecule has 1 aliphatic rings. The Balaban J connectivity index is 2.00. The molecule has 0 fully saturated rings. The van der Waals surface area contributed by atoms with E-state index in [2.05, 4.69) is 16.6 Å². The fourth-order valence-corrected chi connectivity index (χ4v) is 3.68. The molecule has 0 spiro atoms. The van der Waals surface area contributed by atoms with Gasteiger partial charge in [0, 0.05) is 11.1 Å². The van der Waals surface area contributed by atoms with E-state index in [0.29, 0.717) is 16.8 Å². The van der Waals surface area contributed by atoms with E-state index in [1.165, 1.54) is 36.4 Å². The van der Waals surface area contributed by atoms with Crippen LogP contribution in [0.1, 0.15) is 22.3 Å². The molecular formula is C23H15F3N2O2. The number of anilines is 2. The average Bonchev–Trinajstić information content (AvgIpc) is 3.00. The van der Waals surface area contributed by atoms with Gasteiger partial charge in [-0.05, 0) is 35.9 Å². The topological polar surface area (TPSA) is 61.4 Å². The molecule has 0 saturated carbocycles. The van der Waals surface area contributed by atoms with Gasteiger partial charge >= 0.3 is 6.18 Å². The Kier molecular flexibility index (Phi) is 4.43. The molecule has 30 heavy (non-hydrogen) atoms. The van der Waals surface area contributed by atoms with Gasteiger partial charge in [-0.15, -0.1) is 6.42 Å². The minimum Gasteiger partial charge on any atom is -0.508 e. The first-order valence-electron chi connectivity index (χ1n) is 8.93. The molecule has 3 aromatic rings. The van der Waals surface area contributed by atoms with Gasteiger partial charge in [-0.1, -0.05) is 42.3 Å². The standard InChI is InChI=1S/C23H15F3N2O2/c1-2-14-6-3-4-9-19(14)28-22(15-10-12-16(29)13-11-15)17-7-5-8-18(23(24,25)26)20(17)27-21(22)30/h1,3-13,28-29H,(H,27,30). The summed E-state index contributed by atoms with van der Waals surface area (Å²) in [5.74, 6) is 1.78. The van der Waals surface area contributed by atoms with E-state index in [0.717, 1.165) is 6.07 Å². The van der Waals surface area contributed by atoms with Crippen molar-refractivity contribution in [3.63, 3.8) is 0 Å². The Morgan fingerprint density at radius 3 is 2.37 bits per heavy atom. The van der Waals surface area contributed by atoms with Crippen LogP contribution in [0.3, 0.4) is 0 Å². The summed E-state index contributed by atoms with van der Waals surface area (Å²) in [4.78, 5) is 13.3. The van der Waals surface area contributed by atoms with E-state index < -0.39 is 23.2 Å². The summed E-state index contributed by atoms with van der Waals surface area (Å²) in [5, 5.41) is 15.2. The summed E-state index contributed by atoms with van der Waals surface area (Å²) in [6.07, 6.45) is 0.912. The summed E-state index contributed by atoms with van der Waals surface area (Å²) >= 11 is 0. The molecule has 0 bridgehead atoms. The number of hydrogen-bond donors (Lipinski definition) is 3. The predicted molar refractivity (Wildman–Crippen MR) is 107 cm³/mol. The maximum absolute atomic E-state index is 13.6. The highest BCUT2D eigenvalue weighted by Gasteiger charge is 2.51. The Morgan fingerprint density at radius 2 is 1.70 bits per heavy atom. The third-order valence-electron chi connectivity index (χ3n) is 5.06. The summed E-state index contributed by atoms with van der Waals surface area (Å²) < 4.78 is 40.8. The molecule has 1 amide bonds. The maximum atomic E-state index is 13.6. The Labute approximate surface area is 170 Å². The van der Waals surface area contributed by atoms with Crippen LogP contribution in [-0.2, 0) is 16.5 Å². The lowest BCUT2D eigenvalue weighted by Crippen LogP contribution is -2.43. The first-order chi connectivity index (χ1) is 14.3. The zero-order valence-corrected chi connectivity index (χ0v) is 15.4. The molecule has 0 aliphatic carbocycles. The molecular weight excluding hydrogens is 393 g/mol. The van der Waals surface area contributed by atoms with Crippen LogP contribution in [0.15, 0.2) is 66.7 Å². The lowest BCUT2D eigenvalue weighted by molar-refractivity contribution is -0.136. The monoisotopic (exact) mass is 408 g/mol. The normalized spacial score (nSPS) is 17.7. The number of amides is 1. The zero-order valence-electron chi connectivity index (χ0n) is 15.4. The van der Waals surface area contributed by atoms with Crippen molar-refractivity contribution in [2.45, 2.75) is 11.7 Å². The Bertz CT molecular complexity index is 1180. The molecule has 1 aliphatic heterocycles.